The van der Waals surface area contributed by atoms with Crippen molar-refractivity contribution in [1.29, 1.82) is 0 Å². The van der Waals surface area contributed by atoms with Crippen molar-refractivity contribution in [3.05, 3.63) is 35.7 Å². The van der Waals surface area contributed by atoms with E-state index in [0.29, 0.717) is 6.54 Å². The number of alkyl halides is 3. The number of fused-ring (bicyclic) bond motifs is 3. The normalized spacial score (nSPS) is 28.5. The predicted octanol–water partition coefficient (Wildman–Crippen LogP) is 4.05. The minimum absolute atomic E-state index is 0.0793. The zero-order chi connectivity index (χ0) is 18.6. The topological polar surface area (TPSA) is 56.7 Å². The molecule has 0 unspecified atom stereocenters. The van der Waals surface area contributed by atoms with Crippen molar-refractivity contribution in [2.75, 3.05) is 6.54 Å². The van der Waals surface area contributed by atoms with E-state index in [1.54, 1.807) is 17.7 Å². The molecule has 3 saturated carbocycles. The van der Waals surface area contributed by atoms with Crippen LogP contribution in [0.15, 0.2) is 24.3 Å². The van der Waals surface area contributed by atoms with Gasteiger partial charge in [-0.25, -0.2) is 0 Å². The zero-order valence-corrected chi connectivity index (χ0v) is 14.8. The number of aromatic nitrogens is 3. The van der Waals surface area contributed by atoms with Crippen LogP contribution in [0.4, 0.5) is 13.2 Å². The van der Waals surface area contributed by atoms with Crippen LogP contribution in [0.5, 0.6) is 0 Å². The number of rotatable bonds is 3. The second-order valence-corrected chi connectivity index (χ2v) is 7.93. The number of nitrogens with two attached hydrogens (primary N) is 1. The molecule has 0 spiro atoms. The number of nitrogens with zero attached hydrogens (tertiary/aromatic N) is 3. The first-order valence-electron chi connectivity index (χ1n) is 9.07. The number of benzene rings is 1. The first kappa shape index (κ1) is 17.5. The second kappa shape index (κ2) is 5.81. The van der Waals surface area contributed by atoms with Gasteiger partial charge in [0.2, 0.25) is 0 Å². The fourth-order valence-corrected chi connectivity index (χ4v) is 4.86. The van der Waals surface area contributed by atoms with E-state index in [1.165, 1.54) is 12.1 Å². The van der Waals surface area contributed by atoms with E-state index < -0.39 is 11.7 Å². The van der Waals surface area contributed by atoms with Crippen LogP contribution in [0.3, 0.4) is 0 Å². The van der Waals surface area contributed by atoms with Crippen LogP contribution in [0.2, 0.25) is 0 Å². The molecule has 3 aliphatic rings. The molecular weight excluding hydrogens is 341 g/mol. The summed E-state index contributed by atoms with van der Waals surface area (Å²) in [5, 5.41) is 8.54. The number of hydrogen-bond acceptors (Lipinski definition) is 3. The first-order chi connectivity index (χ1) is 12.3. The number of halogens is 3. The molecule has 1 heterocycles. The van der Waals surface area contributed by atoms with Crippen molar-refractivity contribution < 1.29 is 13.2 Å². The predicted molar refractivity (Wildman–Crippen MR) is 92.3 cm³/mol. The van der Waals surface area contributed by atoms with Crippen molar-refractivity contribution in [2.45, 2.75) is 50.1 Å². The highest BCUT2D eigenvalue weighted by molar-refractivity contribution is 5.61. The molecule has 0 radical (unpaired) electrons. The molecule has 4 nitrogen and oxygen atoms in total. The van der Waals surface area contributed by atoms with Crippen LogP contribution in [0, 0.1) is 5.41 Å². The van der Waals surface area contributed by atoms with Gasteiger partial charge in [-0.05, 0) is 56.6 Å². The SMILES string of the molecule is Cn1c(-c2ccccc2C(F)(F)F)nnc1C12CCC(CN)(CC1)CC2. The Labute approximate surface area is 150 Å². The fourth-order valence-electron chi connectivity index (χ4n) is 4.86. The van der Waals surface area contributed by atoms with Gasteiger partial charge in [-0.2, -0.15) is 13.2 Å². The Hall–Kier alpha value is -1.89. The largest absolute Gasteiger partial charge is 0.417 e. The van der Waals surface area contributed by atoms with E-state index in [0.717, 1.165) is 50.4 Å². The Bertz CT molecular complexity index is 800. The summed E-state index contributed by atoms with van der Waals surface area (Å²) in [5.41, 5.74) is 5.57. The van der Waals surface area contributed by atoms with Gasteiger partial charge in [0.05, 0.1) is 5.56 Å². The summed E-state index contributed by atoms with van der Waals surface area (Å²) in [5.74, 6) is 1.10. The highest BCUT2D eigenvalue weighted by Gasteiger charge is 2.51. The quantitative estimate of drug-likeness (QED) is 0.894. The molecule has 140 valence electrons. The van der Waals surface area contributed by atoms with Crippen LogP contribution < -0.4 is 5.73 Å². The zero-order valence-electron chi connectivity index (χ0n) is 14.8. The smallest absolute Gasteiger partial charge is 0.330 e. The molecule has 7 heteroatoms. The second-order valence-electron chi connectivity index (χ2n) is 7.93. The number of hydrogen-bond donors (Lipinski definition) is 1. The maximum Gasteiger partial charge on any atom is 0.417 e. The van der Waals surface area contributed by atoms with Gasteiger partial charge in [-0.3, -0.25) is 0 Å². The monoisotopic (exact) mass is 364 g/mol. The summed E-state index contributed by atoms with van der Waals surface area (Å²) < 4.78 is 41.9. The van der Waals surface area contributed by atoms with Crippen molar-refractivity contribution in [1.82, 2.24) is 14.8 Å². The average molecular weight is 364 g/mol. The van der Waals surface area contributed by atoms with Gasteiger partial charge in [-0.15, -0.1) is 10.2 Å². The molecule has 0 saturated heterocycles. The molecule has 1 aromatic heterocycles. The summed E-state index contributed by atoms with van der Waals surface area (Å²) in [4.78, 5) is 0. The lowest BCUT2D eigenvalue weighted by Crippen LogP contribution is -2.48. The standard InChI is InChI=1S/C19H23F3N4/c1-26-15(13-4-2-3-5-14(13)19(20,21)22)24-25-16(26)18-9-6-17(12-23,7-10-18)8-11-18/h2-5H,6-12,23H2,1H3. The molecule has 5 rings (SSSR count). The Morgan fingerprint density at radius 3 is 2.23 bits per heavy atom. The molecule has 2 aromatic rings. The molecule has 3 aliphatic carbocycles. The summed E-state index contributed by atoms with van der Waals surface area (Å²) in [6.45, 7) is 0.714. The van der Waals surface area contributed by atoms with E-state index in [9.17, 15) is 13.2 Å². The van der Waals surface area contributed by atoms with Crippen LogP contribution in [0.1, 0.15) is 49.9 Å². The molecule has 26 heavy (non-hydrogen) atoms. The van der Waals surface area contributed by atoms with E-state index in [4.69, 9.17) is 5.73 Å². The molecule has 1 aromatic carbocycles. The first-order valence-corrected chi connectivity index (χ1v) is 9.07. The van der Waals surface area contributed by atoms with Crippen molar-refractivity contribution in [2.24, 2.45) is 18.2 Å². The van der Waals surface area contributed by atoms with Gasteiger partial charge in [0.25, 0.3) is 0 Å². The van der Waals surface area contributed by atoms with Crippen LogP contribution in [0.25, 0.3) is 11.4 Å². The molecule has 3 fully saturated rings. The van der Waals surface area contributed by atoms with E-state index >= 15 is 0 Å². The third-order valence-electron chi connectivity index (χ3n) is 6.66. The van der Waals surface area contributed by atoms with E-state index in [1.807, 2.05) is 0 Å². The van der Waals surface area contributed by atoms with Gasteiger partial charge in [0.1, 0.15) is 5.82 Å². The minimum atomic E-state index is -4.42. The van der Waals surface area contributed by atoms with E-state index in [2.05, 4.69) is 10.2 Å². The van der Waals surface area contributed by atoms with Crippen molar-refractivity contribution in [3.63, 3.8) is 0 Å². The third-order valence-corrected chi connectivity index (χ3v) is 6.66. The van der Waals surface area contributed by atoms with Gasteiger partial charge in [-0.1, -0.05) is 18.2 Å². The van der Waals surface area contributed by atoms with Crippen molar-refractivity contribution in [3.8, 4) is 11.4 Å². The summed E-state index contributed by atoms with van der Waals surface area (Å²) in [6.07, 6.45) is 1.71. The molecular formula is C19H23F3N4. The minimum Gasteiger partial charge on any atom is -0.330 e. The lowest BCUT2D eigenvalue weighted by molar-refractivity contribution is -0.137. The maximum atomic E-state index is 13.4. The van der Waals surface area contributed by atoms with Crippen LogP contribution in [-0.4, -0.2) is 21.3 Å². The molecule has 0 amide bonds. The Kier molecular flexibility index (Phi) is 3.91. The van der Waals surface area contributed by atoms with Gasteiger partial charge >= 0.3 is 6.18 Å². The Balaban J connectivity index is 1.74. The maximum absolute atomic E-state index is 13.4. The van der Waals surface area contributed by atoms with E-state index in [-0.39, 0.29) is 22.2 Å². The molecule has 2 N–H and O–H groups in total. The average Bonchev–Trinajstić information content (AvgIpc) is 3.04. The fraction of sp³-hybridized carbons (Fsp3) is 0.579. The van der Waals surface area contributed by atoms with Gasteiger partial charge in [0.15, 0.2) is 5.82 Å². The van der Waals surface area contributed by atoms with Crippen LogP contribution in [-0.2, 0) is 18.6 Å². The highest BCUT2D eigenvalue weighted by atomic mass is 19.4. The highest BCUT2D eigenvalue weighted by Crippen LogP contribution is 2.57. The molecule has 2 bridgehead atoms. The summed E-state index contributed by atoms with van der Waals surface area (Å²) >= 11 is 0. The van der Waals surface area contributed by atoms with Crippen LogP contribution >= 0.6 is 0 Å². The third kappa shape index (κ3) is 2.55. The Morgan fingerprint density at radius 2 is 1.65 bits per heavy atom. The van der Waals surface area contributed by atoms with Gasteiger partial charge in [0, 0.05) is 18.0 Å². The Morgan fingerprint density at radius 1 is 1.04 bits per heavy atom. The van der Waals surface area contributed by atoms with Crippen molar-refractivity contribution >= 4 is 0 Å². The lowest BCUT2D eigenvalue weighted by atomic mass is 9.53. The molecule has 0 atom stereocenters. The molecule has 0 aliphatic heterocycles. The van der Waals surface area contributed by atoms with Gasteiger partial charge < -0.3 is 10.3 Å². The lowest BCUT2D eigenvalue weighted by Gasteiger charge is -2.52. The summed E-state index contributed by atoms with van der Waals surface area (Å²) in [6, 6.07) is 5.57. The summed E-state index contributed by atoms with van der Waals surface area (Å²) in [7, 11) is 1.78.